The minimum absolute atomic E-state index is 0.0393. The molecule has 2 rings (SSSR count). The molecule has 0 N–H and O–H groups in total. The lowest BCUT2D eigenvalue weighted by atomic mass is 10.1. The Morgan fingerprint density at radius 3 is 3.08 bits per heavy atom. The van der Waals surface area contributed by atoms with Crippen LogP contribution in [0.3, 0.4) is 0 Å². The summed E-state index contributed by atoms with van der Waals surface area (Å²) in [6.45, 7) is 3.23. The maximum atomic E-state index is 4.04. The highest BCUT2D eigenvalue weighted by atomic mass is 32.6. The smallest absolute Gasteiger partial charge is 0.154 e. The molecular weight excluding hydrogens is 240 g/mol. The SMILES string of the molecule is C[C@H]1c2nnnn2C[C@@H]1P(P)PP. The van der Waals surface area contributed by atoms with Crippen LogP contribution in [0.2, 0.25) is 0 Å². The van der Waals surface area contributed by atoms with Crippen molar-refractivity contribution in [1.29, 1.82) is 0 Å². The lowest BCUT2D eigenvalue weighted by Crippen LogP contribution is -2.08. The first-order chi connectivity index (χ1) is 6.24. The van der Waals surface area contributed by atoms with Crippen LogP contribution in [0.25, 0.3) is 0 Å². The van der Waals surface area contributed by atoms with Crippen LogP contribution in [0, 0.1) is 0 Å². The van der Waals surface area contributed by atoms with Gasteiger partial charge in [0.2, 0.25) is 0 Å². The number of tetrazole rings is 1. The number of fused-ring (bicyclic) bond motifs is 1. The summed E-state index contributed by atoms with van der Waals surface area (Å²) in [7, 11) is 6.81. The molecule has 0 aliphatic carbocycles. The van der Waals surface area contributed by atoms with Gasteiger partial charge in [0.1, 0.15) is 0 Å². The number of hydrogen-bond acceptors (Lipinski definition) is 3. The van der Waals surface area contributed by atoms with Crippen LogP contribution >= 0.6 is 33.1 Å². The van der Waals surface area contributed by atoms with Gasteiger partial charge < -0.3 is 0 Å². The Hall–Kier alpha value is 0.790. The molecule has 0 saturated heterocycles. The van der Waals surface area contributed by atoms with Crippen LogP contribution in [0.15, 0.2) is 0 Å². The van der Waals surface area contributed by atoms with Crippen LogP contribution in [0.5, 0.6) is 0 Å². The molecule has 0 amide bonds. The Kier molecular flexibility index (Phi) is 3.26. The van der Waals surface area contributed by atoms with E-state index in [9.17, 15) is 0 Å². The minimum Gasteiger partial charge on any atom is -0.229 e. The first-order valence-electron chi connectivity index (χ1n) is 4.00. The average Bonchev–Trinajstić information content (AvgIpc) is 2.68. The van der Waals surface area contributed by atoms with E-state index in [0.29, 0.717) is 11.6 Å². The van der Waals surface area contributed by atoms with E-state index in [4.69, 9.17) is 0 Å². The van der Waals surface area contributed by atoms with Crippen LogP contribution in [0.1, 0.15) is 18.7 Å². The molecule has 0 aromatic carbocycles. The molecule has 4 nitrogen and oxygen atoms in total. The molecule has 6 atom stereocenters. The fraction of sp³-hybridized carbons (Fsp3) is 0.800. The lowest BCUT2D eigenvalue weighted by molar-refractivity contribution is 0.615. The van der Waals surface area contributed by atoms with Gasteiger partial charge in [0.05, 0.1) is 6.54 Å². The Morgan fingerprint density at radius 1 is 1.69 bits per heavy atom. The molecule has 8 heteroatoms. The Bertz CT molecular complexity index is 302. The second-order valence-electron chi connectivity index (χ2n) is 3.11. The van der Waals surface area contributed by atoms with Crippen molar-refractivity contribution >= 4 is 33.1 Å². The summed E-state index contributed by atoms with van der Waals surface area (Å²) < 4.78 is 1.94. The van der Waals surface area contributed by atoms with Crippen molar-refractivity contribution in [2.75, 3.05) is 0 Å². The third-order valence-corrected chi connectivity index (χ3v) is 13.8. The van der Waals surface area contributed by atoms with Gasteiger partial charge in [-0.2, -0.15) is 0 Å². The Balaban J connectivity index is 2.19. The van der Waals surface area contributed by atoms with Crippen molar-refractivity contribution < 1.29 is 0 Å². The van der Waals surface area contributed by atoms with E-state index in [1.54, 1.807) is 0 Å². The van der Waals surface area contributed by atoms with E-state index >= 15 is 0 Å². The van der Waals surface area contributed by atoms with Crippen molar-refractivity contribution in [3.05, 3.63) is 5.82 Å². The molecule has 0 bridgehead atoms. The van der Waals surface area contributed by atoms with Crippen LogP contribution < -0.4 is 0 Å². The van der Waals surface area contributed by atoms with E-state index in [1.165, 1.54) is 0 Å². The predicted molar refractivity (Wildman–Crippen MR) is 64.7 cm³/mol. The zero-order valence-electron chi connectivity index (χ0n) is 7.25. The molecule has 1 aromatic rings. The Morgan fingerprint density at radius 2 is 2.46 bits per heavy atom. The van der Waals surface area contributed by atoms with Gasteiger partial charge >= 0.3 is 0 Å². The van der Waals surface area contributed by atoms with E-state index in [1.807, 2.05) is 4.68 Å². The second kappa shape index (κ2) is 4.11. The first kappa shape index (κ1) is 10.3. The van der Waals surface area contributed by atoms with Crippen molar-refractivity contribution in [3.8, 4) is 0 Å². The number of aromatic nitrogens is 4. The molecule has 72 valence electrons. The van der Waals surface area contributed by atoms with E-state index in [0.717, 1.165) is 20.3 Å². The van der Waals surface area contributed by atoms with E-state index in [2.05, 4.69) is 40.3 Å². The highest BCUT2D eigenvalue weighted by molar-refractivity contribution is 8.61. The molecular formula is C5H12N4P4. The Labute approximate surface area is 84.6 Å². The molecule has 0 spiro atoms. The minimum atomic E-state index is 0.0393. The quantitative estimate of drug-likeness (QED) is 0.754. The summed E-state index contributed by atoms with van der Waals surface area (Å²) in [6, 6.07) is 0. The van der Waals surface area contributed by atoms with Gasteiger partial charge in [0.25, 0.3) is 0 Å². The topological polar surface area (TPSA) is 43.6 Å². The normalized spacial score (nSPS) is 29.8. The standard InChI is InChI=1S/C5H12N4P4/c1-3-4(13(11)12-10)2-9-5(3)6-7-8-9/h3-4,12H,2,10-11H2,1H3/t3-,4+,13?/m1/s1. The van der Waals surface area contributed by atoms with Crippen LogP contribution in [0.4, 0.5) is 0 Å². The molecule has 4 unspecified atom stereocenters. The highest BCUT2D eigenvalue weighted by Gasteiger charge is 2.35. The lowest BCUT2D eigenvalue weighted by Gasteiger charge is -2.20. The fourth-order valence-electron chi connectivity index (χ4n) is 1.60. The van der Waals surface area contributed by atoms with Crippen LogP contribution in [-0.2, 0) is 6.54 Å². The third kappa shape index (κ3) is 1.80. The average molecular weight is 252 g/mol. The van der Waals surface area contributed by atoms with Crippen molar-refractivity contribution in [2.45, 2.75) is 25.0 Å². The maximum absolute atomic E-state index is 4.04. The first-order valence-corrected chi connectivity index (χ1v) is 10.7. The summed E-state index contributed by atoms with van der Waals surface area (Å²) in [6.07, 6.45) is 0. The molecule has 0 saturated carbocycles. The van der Waals surface area contributed by atoms with E-state index in [-0.39, 0.29) is 7.30 Å². The van der Waals surface area contributed by atoms with Crippen LogP contribution in [-0.4, -0.2) is 25.9 Å². The zero-order chi connectivity index (χ0) is 9.42. The predicted octanol–water partition coefficient (Wildman–Crippen LogP) is 1.81. The summed E-state index contributed by atoms with van der Waals surface area (Å²) in [5.41, 5.74) is 0.717. The number of nitrogens with zero attached hydrogens (tertiary/aromatic N) is 4. The zero-order valence-corrected chi connectivity index (χ0v) is 11.5. The second-order valence-corrected chi connectivity index (χ2v) is 12.7. The molecule has 2 heterocycles. The maximum Gasteiger partial charge on any atom is 0.154 e. The molecule has 1 aromatic heterocycles. The van der Waals surface area contributed by atoms with Gasteiger partial charge in [-0.25, -0.2) is 4.68 Å². The van der Waals surface area contributed by atoms with E-state index < -0.39 is 0 Å². The molecule has 0 radical (unpaired) electrons. The van der Waals surface area contributed by atoms with Gasteiger partial charge in [-0.1, -0.05) is 22.2 Å². The molecule has 1 aliphatic rings. The molecule has 1 aliphatic heterocycles. The number of rotatable bonds is 2. The van der Waals surface area contributed by atoms with Crippen molar-refractivity contribution in [1.82, 2.24) is 20.2 Å². The van der Waals surface area contributed by atoms with Gasteiger partial charge in [-0.15, -0.1) is 23.0 Å². The highest BCUT2D eigenvalue weighted by Crippen LogP contribution is 2.72. The monoisotopic (exact) mass is 252 g/mol. The van der Waals surface area contributed by atoms with Gasteiger partial charge in [0, 0.05) is 11.6 Å². The summed E-state index contributed by atoms with van der Waals surface area (Å²) in [5.74, 6) is 1.58. The molecule has 13 heavy (non-hydrogen) atoms. The van der Waals surface area contributed by atoms with Gasteiger partial charge in [-0.3, -0.25) is 0 Å². The van der Waals surface area contributed by atoms with Crippen molar-refractivity contribution in [3.63, 3.8) is 0 Å². The fourth-order valence-corrected chi connectivity index (χ4v) is 7.01. The number of hydrogen-bond donors (Lipinski definition) is 0. The molecule has 0 fully saturated rings. The van der Waals surface area contributed by atoms with Gasteiger partial charge in [0.15, 0.2) is 5.82 Å². The summed E-state index contributed by atoms with van der Waals surface area (Å²) in [5, 5.41) is 11.7. The van der Waals surface area contributed by atoms with Gasteiger partial charge in [-0.05, 0) is 10.4 Å². The summed E-state index contributed by atoms with van der Waals surface area (Å²) in [4.78, 5) is 0. The third-order valence-electron chi connectivity index (χ3n) is 2.41. The largest absolute Gasteiger partial charge is 0.229 e. The van der Waals surface area contributed by atoms with Crippen molar-refractivity contribution in [2.24, 2.45) is 0 Å². The summed E-state index contributed by atoms with van der Waals surface area (Å²) >= 11 is 0.